The molecule has 0 saturated heterocycles. The lowest BCUT2D eigenvalue weighted by Crippen LogP contribution is -2.30. The molecule has 368 valence electrons. The maximum absolute atomic E-state index is 12.7. The molecule has 0 amide bonds. The van der Waals surface area contributed by atoms with Gasteiger partial charge in [-0.1, -0.05) is 241 Å². The third-order valence-corrected chi connectivity index (χ3v) is 11.5. The van der Waals surface area contributed by atoms with Crippen molar-refractivity contribution < 1.29 is 28.6 Å². The number of ether oxygens (including phenoxy) is 3. The number of rotatable bonds is 48. The van der Waals surface area contributed by atoms with Crippen molar-refractivity contribution >= 4 is 17.9 Å². The molecule has 0 spiro atoms. The Morgan fingerprint density at radius 2 is 0.656 bits per heavy atom. The van der Waals surface area contributed by atoms with Crippen LogP contribution in [0.25, 0.3) is 0 Å². The zero-order valence-electron chi connectivity index (χ0n) is 42.0. The first kappa shape index (κ1) is 60.9. The molecule has 0 aromatic rings. The highest BCUT2D eigenvalue weighted by molar-refractivity contribution is 5.72. The van der Waals surface area contributed by atoms with Crippen LogP contribution < -0.4 is 0 Å². The molecule has 1 unspecified atom stereocenters. The summed E-state index contributed by atoms with van der Waals surface area (Å²) >= 11 is 0. The average molecular weight is 893 g/mol. The molecule has 0 fully saturated rings. The van der Waals surface area contributed by atoms with E-state index >= 15 is 0 Å². The maximum atomic E-state index is 12.7. The molecule has 0 bridgehead atoms. The first-order valence-corrected chi connectivity index (χ1v) is 26.9. The molecule has 0 rings (SSSR count). The minimum atomic E-state index is -0.830. The fourth-order valence-corrected chi connectivity index (χ4v) is 7.45. The van der Waals surface area contributed by atoms with Crippen LogP contribution in [0.3, 0.4) is 0 Å². The molecule has 0 heterocycles. The van der Waals surface area contributed by atoms with E-state index in [0.29, 0.717) is 12.8 Å². The van der Waals surface area contributed by atoms with E-state index in [0.717, 1.165) is 83.5 Å². The minimum absolute atomic E-state index is 0.0972. The highest BCUT2D eigenvalue weighted by atomic mass is 16.6. The molecule has 6 nitrogen and oxygen atoms in total. The van der Waals surface area contributed by atoms with E-state index in [1.807, 2.05) is 6.08 Å². The smallest absolute Gasteiger partial charge is 0.310 e. The topological polar surface area (TPSA) is 78.9 Å². The lowest BCUT2D eigenvalue weighted by Gasteiger charge is -2.18. The van der Waals surface area contributed by atoms with Crippen LogP contribution in [0.2, 0.25) is 0 Å². The Morgan fingerprint density at radius 1 is 0.344 bits per heavy atom. The molecule has 0 saturated carbocycles. The second-order valence-electron chi connectivity index (χ2n) is 17.8. The molecular weight excluding hydrogens is 793 g/mol. The Hall–Kier alpha value is -3.15. The van der Waals surface area contributed by atoms with Crippen molar-refractivity contribution in [1.29, 1.82) is 0 Å². The van der Waals surface area contributed by atoms with Gasteiger partial charge in [-0.05, 0) is 70.6 Å². The normalized spacial score (nSPS) is 12.6. The van der Waals surface area contributed by atoms with Crippen LogP contribution in [-0.4, -0.2) is 37.2 Å². The summed E-state index contributed by atoms with van der Waals surface area (Å²) in [6.07, 6.45) is 66.3. The Balaban J connectivity index is 4.47. The van der Waals surface area contributed by atoms with Crippen LogP contribution in [-0.2, 0) is 28.6 Å². The predicted octanol–water partition coefficient (Wildman–Crippen LogP) is 17.8. The summed E-state index contributed by atoms with van der Waals surface area (Å²) in [5, 5.41) is 0. The van der Waals surface area contributed by atoms with Crippen LogP contribution >= 0.6 is 0 Å². The molecule has 64 heavy (non-hydrogen) atoms. The third-order valence-electron chi connectivity index (χ3n) is 11.5. The van der Waals surface area contributed by atoms with Crippen LogP contribution in [0.15, 0.2) is 72.9 Å². The van der Waals surface area contributed by atoms with Crippen molar-refractivity contribution in [2.45, 2.75) is 264 Å². The fraction of sp³-hybridized carbons (Fsp3) is 0.741. The highest BCUT2D eigenvalue weighted by Crippen LogP contribution is 2.15. The van der Waals surface area contributed by atoms with E-state index in [9.17, 15) is 14.4 Å². The van der Waals surface area contributed by atoms with Crippen molar-refractivity contribution in [2.75, 3.05) is 13.2 Å². The number of carbonyl (C=O) groups excluding carboxylic acids is 3. The lowest BCUT2D eigenvalue weighted by molar-refractivity contribution is -0.166. The van der Waals surface area contributed by atoms with Gasteiger partial charge in [-0.2, -0.15) is 0 Å². The maximum Gasteiger partial charge on any atom is 0.310 e. The molecule has 0 N–H and O–H groups in total. The summed E-state index contributed by atoms with van der Waals surface area (Å²) in [5.41, 5.74) is 0. The Morgan fingerprint density at radius 3 is 1.02 bits per heavy atom. The standard InChI is InChI=1S/C58H100O6/c1-4-7-10-13-16-19-22-25-28-29-31-33-36-39-42-45-48-51-57(60)63-54-55(53-62-56(59)50-47-44-41-38-35-32-27-24-21-18-15-12-9-6-3)64-58(61)52-49-46-43-40-37-34-30-26-23-20-17-14-11-8-5-2/h8,11,17,20,24,26-27,30,37,40,46,49,55H,4-7,9-10,12-16,18-19,21-23,25,28-29,31-36,38-39,41-45,47-48,50-54H2,1-3H3/b11-8-,20-17-,27-24-,30-26-,40-37-,49-46-. The van der Waals surface area contributed by atoms with Gasteiger partial charge in [0.2, 0.25) is 0 Å². The number of allylic oxidation sites excluding steroid dienone is 11. The average Bonchev–Trinajstić information content (AvgIpc) is 3.29. The Kier molecular flexibility index (Phi) is 49.9. The molecule has 0 aromatic carbocycles. The molecule has 0 aliphatic heterocycles. The number of carbonyl (C=O) groups is 3. The minimum Gasteiger partial charge on any atom is -0.462 e. The van der Waals surface area contributed by atoms with Crippen LogP contribution in [0.1, 0.15) is 258 Å². The summed E-state index contributed by atoms with van der Waals surface area (Å²) in [6, 6.07) is 0. The number of esters is 3. The van der Waals surface area contributed by atoms with Gasteiger partial charge < -0.3 is 14.2 Å². The number of hydrogen-bond acceptors (Lipinski definition) is 6. The Labute approximate surface area is 395 Å². The van der Waals surface area contributed by atoms with Crippen molar-refractivity contribution in [2.24, 2.45) is 0 Å². The zero-order chi connectivity index (χ0) is 46.5. The zero-order valence-corrected chi connectivity index (χ0v) is 42.0. The fourth-order valence-electron chi connectivity index (χ4n) is 7.45. The van der Waals surface area contributed by atoms with E-state index in [-0.39, 0.29) is 31.6 Å². The predicted molar refractivity (Wildman–Crippen MR) is 274 cm³/mol. The summed E-state index contributed by atoms with van der Waals surface area (Å²) in [5.74, 6) is -1.05. The van der Waals surface area contributed by atoms with Gasteiger partial charge in [-0.3, -0.25) is 14.4 Å². The monoisotopic (exact) mass is 893 g/mol. The number of hydrogen-bond donors (Lipinski definition) is 0. The van der Waals surface area contributed by atoms with E-state index in [1.54, 1.807) is 6.08 Å². The van der Waals surface area contributed by atoms with Gasteiger partial charge in [0.15, 0.2) is 6.10 Å². The molecule has 0 aliphatic carbocycles. The van der Waals surface area contributed by atoms with Crippen molar-refractivity contribution in [3.05, 3.63) is 72.9 Å². The quantitative estimate of drug-likeness (QED) is 0.0262. The molecule has 0 aromatic heterocycles. The van der Waals surface area contributed by atoms with Crippen molar-refractivity contribution in [1.82, 2.24) is 0 Å². The van der Waals surface area contributed by atoms with Gasteiger partial charge in [0.05, 0.1) is 6.42 Å². The van der Waals surface area contributed by atoms with Gasteiger partial charge in [0, 0.05) is 12.8 Å². The van der Waals surface area contributed by atoms with Gasteiger partial charge in [0.1, 0.15) is 13.2 Å². The second kappa shape index (κ2) is 52.5. The molecule has 1 atom stereocenters. The summed E-state index contributed by atoms with van der Waals surface area (Å²) < 4.78 is 16.7. The van der Waals surface area contributed by atoms with Gasteiger partial charge in [-0.15, -0.1) is 0 Å². The van der Waals surface area contributed by atoms with Crippen LogP contribution in [0.4, 0.5) is 0 Å². The molecule has 6 heteroatoms. The first-order chi connectivity index (χ1) is 31.5. The largest absolute Gasteiger partial charge is 0.462 e. The molecular formula is C58H100O6. The van der Waals surface area contributed by atoms with Crippen molar-refractivity contribution in [3.8, 4) is 0 Å². The number of unbranched alkanes of at least 4 members (excludes halogenated alkanes) is 26. The lowest BCUT2D eigenvalue weighted by atomic mass is 10.0. The summed E-state index contributed by atoms with van der Waals surface area (Å²) in [6.45, 7) is 6.44. The van der Waals surface area contributed by atoms with Crippen LogP contribution in [0.5, 0.6) is 0 Å². The van der Waals surface area contributed by atoms with Gasteiger partial charge >= 0.3 is 17.9 Å². The summed E-state index contributed by atoms with van der Waals surface area (Å²) in [7, 11) is 0. The first-order valence-electron chi connectivity index (χ1n) is 26.9. The van der Waals surface area contributed by atoms with E-state index < -0.39 is 12.1 Å². The van der Waals surface area contributed by atoms with E-state index in [2.05, 4.69) is 81.5 Å². The van der Waals surface area contributed by atoms with Crippen molar-refractivity contribution in [3.63, 3.8) is 0 Å². The Bertz CT molecular complexity index is 1210. The second-order valence-corrected chi connectivity index (χ2v) is 17.8. The van der Waals surface area contributed by atoms with Crippen LogP contribution in [0, 0.1) is 0 Å². The SMILES string of the molecule is CC/C=C\C/C=C\C/C=C\C/C=C\C/C=C\CC(=O)OC(COC(=O)CCCCCCC/C=C\CCCCCCC)COC(=O)CCCCCCCCCCCCCCCCCCC. The van der Waals surface area contributed by atoms with Gasteiger partial charge in [0.25, 0.3) is 0 Å². The van der Waals surface area contributed by atoms with E-state index in [1.165, 1.54) is 135 Å². The molecule has 0 radical (unpaired) electrons. The van der Waals surface area contributed by atoms with E-state index in [4.69, 9.17) is 14.2 Å². The molecule has 0 aliphatic rings. The van der Waals surface area contributed by atoms with Gasteiger partial charge in [-0.25, -0.2) is 0 Å². The third kappa shape index (κ3) is 49.9. The highest BCUT2D eigenvalue weighted by Gasteiger charge is 2.19. The summed E-state index contributed by atoms with van der Waals surface area (Å²) in [4.78, 5) is 38.0.